The third-order valence-electron chi connectivity index (χ3n) is 3.82. The van der Waals surface area contributed by atoms with Crippen LogP contribution in [0.15, 0.2) is 36.9 Å². The van der Waals surface area contributed by atoms with Gasteiger partial charge in [-0.1, -0.05) is 36.4 Å². The van der Waals surface area contributed by atoms with Gasteiger partial charge < -0.3 is 9.30 Å². The van der Waals surface area contributed by atoms with Gasteiger partial charge in [0.1, 0.15) is 11.3 Å². The highest BCUT2D eigenvalue weighted by atomic mass is 35.5. The molecule has 0 spiro atoms. The Labute approximate surface area is 144 Å². The van der Waals surface area contributed by atoms with E-state index in [1.165, 1.54) is 7.11 Å². The van der Waals surface area contributed by atoms with Crippen molar-refractivity contribution in [2.24, 2.45) is 0 Å². The summed E-state index contributed by atoms with van der Waals surface area (Å²) < 4.78 is 6.66. The number of methoxy groups -OCH3 is 1. The van der Waals surface area contributed by atoms with Crippen molar-refractivity contribution in [3.8, 4) is 0 Å². The molecule has 3 aromatic rings. The number of aryl methyl sites for hydroxylation is 1. The van der Waals surface area contributed by atoms with Crippen LogP contribution in [0.1, 0.15) is 27.4 Å². The molecule has 2 aromatic heterocycles. The van der Waals surface area contributed by atoms with Crippen LogP contribution in [0.5, 0.6) is 0 Å². The summed E-state index contributed by atoms with van der Waals surface area (Å²) in [6.07, 6.45) is 1.75. The number of fused-ring (bicyclic) bond motifs is 1. The molecule has 0 radical (unpaired) electrons. The predicted molar refractivity (Wildman–Crippen MR) is 94.2 cm³/mol. The van der Waals surface area contributed by atoms with Gasteiger partial charge in [0.15, 0.2) is 11.3 Å². The maximum absolute atomic E-state index is 11.7. The minimum absolute atomic E-state index is 0.249. The maximum Gasteiger partial charge on any atom is 0.356 e. The van der Waals surface area contributed by atoms with E-state index in [0.29, 0.717) is 17.2 Å². The first-order valence-electron chi connectivity index (χ1n) is 7.36. The number of esters is 1. The van der Waals surface area contributed by atoms with E-state index in [-0.39, 0.29) is 5.69 Å². The summed E-state index contributed by atoms with van der Waals surface area (Å²) in [6.45, 7) is 6.14. The lowest BCUT2D eigenvalue weighted by Crippen LogP contribution is -2.07. The van der Waals surface area contributed by atoms with E-state index in [0.717, 1.165) is 22.5 Å². The molecule has 0 saturated carbocycles. The van der Waals surface area contributed by atoms with Crippen molar-refractivity contribution in [3.63, 3.8) is 0 Å². The van der Waals surface area contributed by atoms with Crippen LogP contribution in [0.3, 0.4) is 0 Å². The molecule has 0 atom stereocenters. The number of hydrogen-bond acceptors (Lipinski definition) is 4. The first-order chi connectivity index (χ1) is 11.5. The lowest BCUT2D eigenvalue weighted by Gasteiger charge is -2.09. The number of hydrogen-bond donors (Lipinski definition) is 0. The molecule has 0 saturated heterocycles. The van der Waals surface area contributed by atoms with Crippen LogP contribution in [-0.4, -0.2) is 27.6 Å². The van der Waals surface area contributed by atoms with Gasteiger partial charge in [0.25, 0.3) is 0 Å². The fourth-order valence-electron chi connectivity index (χ4n) is 2.51. The van der Waals surface area contributed by atoms with Crippen LogP contribution in [0, 0.1) is 6.92 Å². The summed E-state index contributed by atoms with van der Waals surface area (Å²) >= 11 is 6.36. The monoisotopic (exact) mass is 341 g/mol. The van der Waals surface area contributed by atoms with Gasteiger partial charge in [-0.3, -0.25) is 0 Å². The molecule has 3 rings (SSSR count). The molecule has 0 aliphatic carbocycles. The maximum atomic E-state index is 11.7. The molecule has 2 heterocycles. The highest BCUT2D eigenvalue weighted by Crippen LogP contribution is 2.23. The summed E-state index contributed by atoms with van der Waals surface area (Å²) in [5, 5.41) is 0.651. The van der Waals surface area contributed by atoms with E-state index in [9.17, 15) is 4.79 Å². The van der Waals surface area contributed by atoms with Crippen molar-refractivity contribution in [2.75, 3.05) is 7.11 Å². The normalized spacial score (nSPS) is 10.8. The van der Waals surface area contributed by atoms with Gasteiger partial charge in [-0.25, -0.2) is 14.8 Å². The third kappa shape index (κ3) is 2.90. The number of pyridine rings is 1. The number of imidazole rings is 1. The lowest BCUT2D eigenvalue weighted by atomic mass is 10.1. The molecule has 0 N–H and O–H groups in total. The number of rotatable bonds is 4. The standard InChI is InChI=1S/C18H16ClN3O2/c1-4-12-5-6-13(14(19)9-12)10-22-11(2)20-15-7-8-16(18(23)24-3)21-17(15)22/h4-9H,1,10H2,2-3H3. The smallest absolute Gasteiger partial charge is 0.356 e. The van der Waals surface area contributed by atoms with Crippen molar-refractivity contribution in [3.05, 3.63) is 64.6 Å². The van der Waals surface area contributed by atoms with E-state index < -0.39 is 5.97 Å². The molecule has 0 aliphatic heterocycles. The molecule has 0 amide bonds. The molecule has 1 aromatic carbocycles. The number of ether oxygens (including phenoxy) is 1. The van der Waals surface area contributed by atoms with Crippen LogP contribution in [0.4, 0.5) is 0 Å². The first kappa shape index (κ1) is 16.2. The molecule has 24 heavy (non-hydrogen) atoms. The van der Waals surface area contributed by atoms with E-state index in [2.05, 4.69) is 16.5 Å². The van der Waals surface area contributed by atoms with E-state index in [1.54, 1.807) is 18.2 Å². The quantitative estimate of drug-likeness (QED) is 0.676. The zero-order valence-corrected chi connectivity index (χ0v) is 14.2. The number of carbonyl (C=O) groups is 1. The lowest BCUT2D eigenvalue weighted by molar-refractivity contribution is 0.0594. The highest BCUT2D eigenvalue weighted by Gasteiger charge is 2.14. The summed E-state index contributed by atoms with van der Waals surface area (Å²) in [4.78, 5) is 20.6. The van der Waals surface area contributed by atoms with Crippen molar-refractivity contribution in [2.45, 2.75) is 13.5 Å². The zero-order chi connectivity index (χ0) is 17.3. The minimum atomic E-state index is -0.476. The van der Waals surface area contributed by atoms with Crippen molar-refractivity contribution in [1.82, 2.24) is 14.5 Å². The van der Waals surface area contributed by atoms with Crippen LogP contribution in [-0.2, 0) is 11.3 Å². The fraction of sp³-hybridized carbons (Fsp3) is 0.167. The molecular weight excluding hydrogens is 326 g/mol. The van der Waals surface area contributed by atoms with Crippen LogP contribution in [0.2, 0.25) is 5.02 Å². The van der Waals surface area contributed by atoms with Gasteiger partial charge in [-0.05, 0) is 36.2 Å². The number of nitrogens with zero attached hydrogens (tertiary/aromatic N) is 3. The van der Waals surface area contributed by atoms with Crippen LogP contribution in [0.25, 0.3) is 17.2 Å². The van der Waals surface area contributed by atoms with Crippen molar-refractivity contribution in [1.29, 1.82) is 0 Å². The molecule has 0 unspecified atom stereocenters. The van der Waals surface area contributed by atoms with Crippen molar-refractivity contribution < 1.29 is 9.53 Å². The van der Waals surface area contributed by atoms with Crippen LogP contribution >= 0.6 is 11.6 Å². The largest absolute Gasteiger partial charge is 0.464 e. The molecule has 5 nitrogen and oxygen atoms in total. The summed E-state index contributed by atoms with van der Waals surface area (Å²) in [5.74, 6) is 0.319. The Bertz CT molecular complexity index is 947. The third-order valence-corrected chi connectivity index (χ3v) is 4.17. The number of carbonyl (C=O) groups excluding carboxylic acids is 1. The average Bonchev–Trinajstić information content (AvgIpc) is 2.90. The number of halogens is 1. The molecular formula is C18H16ClN3O2. The number of benzene rings is 1. The minimum Gasteiger partial charge on any atom is -0.464 e. The SMILES string of the molecule is C=Cc1ccc(Cn2c(C)nc3ccc(C(=O)OC)nc32)c(Cl)c1. The Morgan fingerprint density at radius 1 is 1.33 bits per heavy atom. The average molecular weight is 342 g/mol. The van der Waals surface area contributed by atoms with Crippen LogP contribution < -0.4 is 0 Å². The Morgan fingerprint density at radius 2 is 2.12 bits per heavy atom. The summed E-state index contributed by atoms with van der Waals surface area (Å²) in [6, 6.07) is 9.15. The Kier molecular flexibility index (Phi) is 4.36. The van der Waals surface area contributed by atoms with Gasteiger partial charge >= 0.3 is 5.97 Å². The molecule has 0 aliphatic rings. The summed E-state index contributed by atoms with van der Waals surface area (Å²) in [5.41, 5.74) is 3.49. The van der Waals surface area contributed by atoms with Gasteiger partial charge in [-0.2, -0.15) is 0 Å². The molecule has 6 heteroatoms. The van der Waals surface area contributed by atoms with E-state index in [4.69, 9.17) is 16.3 Å². The molecule has 122 valence electrons. The van der Waals surface area contributed by atoms with Gasteiger partial charge in [0.05, 0.1) is 13.7 Å². The Balaban J connectivity index is 2.06. The predicted octanol–water partition coefficient (Wildman–Crippen LogP) is 3.87. The topological polar surface area (TPSA) is 57.0 Å². The van der Waals surface area contributed by atoms with E-state index >= 15 is 0 Å². The summed E-state index contributed by atoms with van der Waals surface area (Å²) in [7, 11) is 1.33. The molecule has 0 bridgehead atoms. The second-order valence-corrected chi connectivity index (χ2v) is 5.74. The highest BCUT2D eigenvalue weighted by molar-refractivity contribution is 6.31. The Morgan fingerprint density at radius 3 is 2.79 bits per heavy atom. The van der Waals surface area contributed by atoms with Gasteiger partial charge in [0.2, 0.25) is 0 Å². The second kappa shape index (κ2) is 6.45. The van der Waals surface area contributed by atoms with Gasteiger partial charge in [0, 0.05) is 5.02 Å². The zero-order valence-electron chi connectivity index (χ0n) is 13.4. The van der Waals surface area contributed by atoms with Gasteiger partial charge in [-0.15, -0.1) is 0 Å². The Hall–Kier alpha value is -2.66. The van der Waals surface area contributed by atoms with Crippen molar-refractivity contribution >= 4 is 34.8 Å². The van der Waals surface area contributed by atoms with E-state index in [1.807, 2.05) is 29.7 Å². The number of aromatic nitrogens is 3. The molecule has 0 fully saturated rings. The fourth-order valence-corrected chi connectivity index (χ4v) is 2.76. The first-order valence-corrected chi connectivity index (χ1v) is 7.74. The second-order valence-electron chi connectivity index (χ2n) is 5.33.